The molecule has 0 saturated heterocycles. The van der Waals surface area contributed by atoms with Crippen LogP contribution in [-0.2, 0) is 4.79 Å². The van der Waals surface area contributed by atoms with Crippen molar-refractivity contribution < 1.29 is 9.53 Å². The van der Waals surface area contributed by atoms with E-state index in [4.69, 9.17) is 4.74 Å². The maximum atomic E-state index is 12.3. The molecule has 0 aromatic heterocycles. The maximum absolute atomic E-state index is 12.3. The second kappa shape index (κ2) is 9.73. The number of hydrogen-bond acceptors (Lipinski definition) is 2. The molecule has 1 saturated carbocycles. The summed E-state index contributed by atoms with van der Waals surface area (Å²) in [6, 6.07) is 16.9. The number of ketones is 1. The fraction of sp³-hybridized carbons (Fsp3) is 0.480. The number of hydrogen-bond donors (Lipinski definition) is 0. The third kappa shape index (κ3) is 5.45. The summed E-state index contributed by atoms with van der Waals surface area (Å²) in [5, 5.41) is 0. The molecule has 2 unspecified atom stereocenters. The highest BCUT2D eigenvalue weighted by Crippen LogP contribution is 2.34. The Kier molecular flexibility index (Phi) is 7.09. The first-order chi connectivity index (χ1) is 13.2. The van der Waals surface area contributed by atoms with Gasteiger partial charge in [0.2, 0.25) is 0 Å². The monoisotopic (exact) mass is 364 g/mol. The Bertz CT molecular complexity index is 715. The van der Waals surface area contributed by atoms with Gasteiger partial charge in [-0.05, 0) is 54.0 Å². The molecule has 2 atom stereocenters. The number of unbranched alkanes of at least 4 members (excludes halogenated alkanes) is 3. The molecule has 2 heteroatoms. The Morgan fingerprint density at radius 2 is 1.56 bits per heavy atom. The predicted molar refractivity (Wildman–Crippen MR) is 112 cm³/mol. The van der Waals surface area contributed by atoms with E-state index in [2.05, 4.69) is 62.4 Å². The summed E-state index contributed by atoms with van der Waals surface area (Å²) >= 11 is 0. The molecule has 1 aliphatic rings. The van der Waals surface area contributed by atoms with E-state index in [0.717, 1.165) is 38.0 Å². The van der Waals surface area contributed by atoms with Gasteiger partial charge in [0.25, 0.3) is 0 Å². The van der Waals surface area contributed by atoms with E-state index in [1.807, 2.05) is 0 Å². The van der Waals surface area contributed by atoms with Gasteiger partial charge in [0.15, 0.2) is 0 Å². The van der Waals surface area contributed by atoms with Gasteiger partial charge in [-0.1, -0.05) is 69.5 Å². The van der Waals surface area contributed by atoms with E-state index < -0.39 is 0 Å². The van der Waals surface area contributed by atoms with Crippen molar-refractivity contribution in [3.05, 3.63) is 54.1 Å². The average molecular weight is 365 g/mol. The fourth-order valence-corrected chi connectivity index (χ4v) is 3.92. The van der Waals surface area contributed by atoms with Crippen LogP contribution in [0.3, 0.4) is 0 Å². The van der Waals surface area contributed by atoms with Crippen LogP contribution >= 0.6 is 0 Å². The number of Topliss-reactive ketones (excluding diaryl/α,β-unsaturated/α-hetero) is 1. The van der Waals surface area contributed by atoms with Crippen LogP contribution in [0.15, 0.2) is 48.5 Å². The van der Waals surface area contributed by atoms with Crippen LogP contribution in [0.25, 0.3) is 11.1 Å². The summed E-state index contributed by atoms with van der Waals surface area (Å²) < 4.78 is 5.82. The Balaban J connectivity index is 1.57. The first-order valence-electron chi connectivity index (χ1n) is 10.5. The molecular formula is C25H32O2. The molecule has 27 heavy (non-hydrogen) atoms. The van der Waals surface area contributed by atoms with Gasteiger partial charge in [0, 0.05) is 12.3 Å². The van der Waals surface area contributed by atoms with E-state index in [1.54, 1.807) is 0 Å². The van der Waals surface area contributed by atoms with Gasteiger partial charge in [-0.15, -0.1) is 0 Å². The summed E-state index contributed by atoms with van der Waals surface area (Å²) in [6.45, 7) is 5.19. The normalized spacial score (nSPS) is 19.9. The van der Waals surface area contributed by atoms with Crippen LogP contribution in [0.2, 0.25) is 0 Å². The second-order valence-corrected chi connectivity index (χ2v) is 7.96. The molecule has 0 amide bonds. The standard InChI is InChI=1S/C25H32O2/c1-3-4-5-6-17-27-23-14-12-21(13-15-23)20-8-10-22(11-9-20)24-16-7-19(2)18-25(24)26/h8-15,19,24H,3-7,16-18H2,1-2H3. The first kappa shape index (κ1) is 19.7. The van der Waals surface area contributed by atoms with E-state index in [-0.39, 0.29) is 5.92 Å². The van der Waals surface area contributed by atoms with Crippen LogP contribution < -0.4 is 4.74 Å². The van der Waals surface area contributed by atoms with Gasteiger partial charge in [-0.3, -0.25) is 4.79 Å². The van der Waals surface area contributed by atoms with E-state index in [0.29, 0.717) is 11.7 Å². The first-order valence-corrected chi connectivity index (χ1v) is 10.5. The van der Waals surface area contributed by atoms with Crippen molar-refractivity contribution in [2.45, 2.75) is 64.7 Å². The molecule has 3 rings (SSSR count). The smallest absolute Gasteiger partial charge is 0.140 e. The van der Waals surface area contributed by atoms with Crippen LogP contribution in [0.1, 0.15) is 70.3 Å². The van der Waals surface area contributed by atoms with Crippen molar-refractivity contribution in [1.29, 1.82) is 0 Å². The minimum absolute atomic E-state index is 0.0961. The second-order valence-electron chi connectivity index (χ2n) is 7.96. The summed E-state index contributed by atoms with van der Waals surface area (Å²) in [6.07, 6.45) is 7.76. The molecule has 0 aliphatic heterocycles. The lowest BCUT2D eigenvalue weighted by atomic mass is 9.78. The summed E-state index contributed by atoms with van der Waals surface area (Å²) in [7, 11) is 0. The summed E-state index contributed by atoms with van der Waals surface area (Å²) in [4.78, 5) is 12.3. The van der Waals surface area contributed by atoms with Crippen LogP contribution in [0.5, 0.6) is 5.75 Å². The number of rotatable bonds is 8. The van der Waals surface area contributed by atoms with Crippen molar-refractivity contribution in [2.75, 3.05) is 6.61 Å². The van der Waals surface area contributed by atoms with Crippen molar-refractivity contribution in [3.63, 3.8) is 0 Å². The van der Waals surface area contributed by atoms with Gasteiger partial charge in [0.1, 0.15) is 11.5 Å². The molecule has 0 heterocycles. The van der Waals surface area contributed by atoms with Crippen molar-refractivity contribution in [2.24, 2.45) is 5.92 Å². The molecule has 1 aliphatic carbocycles. The molecule has 144 valence electrons. The van der Waals surface area contributed by atoms with E-state index in [9.17, 15) is 4.79 Å². The zero-order chi connectivity index (χ0) is 19.1. The third-order valence-electron chi connectivity index (χ3n) is 5.65. The van der Waals surface area contributed by atoms with Crippen LogP contribution in [0.4, 0.5) is 0 Å². The van der Waals surface area contributed by atoms with Gasteiger partial charge in [-0.2, -0.15) is 0 Å². The van der Waals surface area contributed by atoms with Gasteiger partial charge < -0.3 is 4.74 Å². The minimum atomic E-state index is 0.0961. The zero-order valence-electron chi connectivity index (χ0n) is 16.7. The quantitative estimate of drug-likeness (QED) is 0.482. The molecule has 0 N–H and O–H groups in total. The minimum Gasteiger partial charge on any atom is -0.494 e. The third-order valence-corrected chi connectivity index (χ3v) is 5.65. The van der Waals surface area contributed by atoms with Crippen molar-refractivity contribution in [1.82, 2.24) is 0 Å². The molecule has 0 spiro atoms. The average Bonchev–Trinajstić information content (AvgIpc) is 2.69. The molecule has 2 aromatic carbocycles. The molecule has 0 bridgehead atoms. The van der Waals surface area contributed by atoms with Crippen molar-refractivity contribution >= 4 is 5.78 Å². The van der Waals surface area contributed by atoms with E-state index in [1.165, 1.54) is 36.0 Å². The summed E-state index contributed by atoms with van der Waals surface area (Å²) in [5.74, 6) is 1.98. The Labute approximate surface area is 164 Å². The largest absolute Gasteiger partial charge is 0.494 e. The lowest BCUT2D eigenvalue weighted by molar-refractivity contribution is -0.123. The van der Waals surface area contributed by atoms with Gasteiger partial charge in [0.05, 0.1) is 6.61 Å². The molecule has 2 nitrogen and oxygen atoms in total. The highest BCUT2D eigenvalue weighted by Gasteiger charge is 2.27. The zero-order valence-corrected chi connectivity index (χ0v) is 16.7. The lowest BCUT2D eigenvalue weighted by Crippen LogP contribution is -2.21. The molecule has 2 aromatic rings. The Morgan fingerprint density at radius 1 is 0.889 bits per heavy atom. The van der Waals surface area contributed by atoms with E-state index >= 15 is 0 Å². The maximum Gasteiger partial charge on any atom is 0.140 e. The SMILES string of the molecule is CCCCCCOc1ccc(-c2ccc(C3CCC(C)CC3=O)cc2)cc1. The van der Waals surface area contributed by atoms with Crippen molar-refractivity contribution in [3.8, 4) is 16.9 Å². The van der Waals surface area contributed by atoms with Crippen LogP contribution in [0, 0.1) is 5.92 Å². The lowest BCUT2D eigenvalue weighted by Gasteiger charge is -2.25. The molecule has 0 radical (unpaired) electrons. The fourth-order valence-electron chi connectivity index (χ4n) is 3.92. The highest BCUT2D eigenvalue weighted by molar-refractivity contribution is 5.86. The topological polar surface area (TPSA) is 26.3 Å². The highest BCUT2D eigenvalue weighted by atomic mass is 16.5. The number of carbonyl (C=O) groups excluding carboxylic acids is 1. The predicted octanol–water partition coefficient (Wildman–Crippen LogP) is 6.79. The Hall–Kier alpha value is -2.09. The number of ether oxygens (including phenoxy) is 1. The summed E-state index contributed by atoms with van der Waals surface area (Å²) in [5.41, 5.74) is 3.54. The van der Waals surface area contributed by atoms with Gasteiger partial charge >= 0.3 is 0 Å². The van der Waals surface area contributed by atoms with Gasteiger partial charge in [-0.25, -0.2) is 0 Å². The molecule has 1 fully saturated rings. The molecular weight excluding hydrogens is 332 g/mol. The van der Waals surface area contributed by atoms with Crippen LogP contribution in [-0.4, -0.2) is 12.4 Å². The number of carbonyl (C=O) groups is 1. The number of benzene rings is 2. The Morgan fingerprint density at radius 3 is 2.19 bits per heavy atom.